The van der Waals surface area contributed by atoms with E-state index in [1.807, 2.05) is 26.1 Å². The van der Waals surface area contributed by atoms with E-state index < -0.39 is 10.0 Å². The zero-order valence-corrected chi connectivity index (χ0v) is 20.6. The summed E-state index contributed by atoms with van der Waals surface area (Å²) < 4.78 is 27.6. The third-order valence-corrected chi connectivity index (χ3v) is 6.60. The summed E-state index contributed by atoms with van der Waals surface area (Å²) in [5.41, 5.74) is 8.82. The number of fused-ring (bicyclic) bond motifs is 1. The van der Waals surface area contributed by atoms with Crippen molar-refractivity contribution < 1.29 is 13.2 Å². The molecule has 4 heterocycles. The van der Waals surface area contributed by atoms with Crippen molar-refractivity contribution in [3.8, 4) is 0 Å². The lowest BCUT2D eigenvalue weighted by atomic mass is 10.1. The Morgan fingerprint density at radius 2 is 2.18 bits per heavy atom. The summed E-state index contributed by atoms with van der Waals surface area (Å²) in [7, 11) is -1.89. The Kier molecular flexibility index (Phi) is 6.45. The Bertz CT molecular complexity index is 1320. The van der Waals surface area contributed by atoms with Crippen LogP contribution in [0.3, 0.4) is 0 Å². The summed E-state index contributed by atoms with van der Waals surface area (Å²) in [6, 6.07) is 3.20. The largest absolute Gasteiger partial charge is 0.355 e. The maximum Gasteiger partial charge on any atom is 0.256 e. The summed E-state index contributed by atoms with van der Waals surface area (Å²) in [6.07, 6.45) is 7.30. The number of aromatic nitrogens is 4. The smallest absolute Gasteiger partial charge is 0.256 e. The van der Waals surface area contributed by atoms with Gasteiger partial charge in [-0.15, -0.1) is 0 Å². The van der Waals surface area contributed by atoms with E-state index in [0.29, 0.717) is 17.8 Å². The number of pyridine rings is 1. The van der Waals surface area contributed by atoms with Gasteiger partial charge in [-0.3, -0.25) is 14.5 Å². The summed E-state index contributed by atoms with van der Waals surface area (Å²) in [4.78, 5) is 25.9. The molecule has 182 valence electrons. The molecule has 0 aliphatic carbocycles. The number of nitrogens with two attached hydrogens (primary N) is 1. The molecule has 3 aromatic rings. The molecule has 1 amide bonds. The standard InChI is InChI=1S/C22H30N8O3S/c1-5-19(28(3)22(31)16-6-8-24-11-18(16)27-34(4,32)33)17-10-20-25-21(14(2)12-30(20)26-17)29-9-7-15(23)13-29/h6,8,10-12,15,19,27H,5,7,9,13,23H2,1-4H3/t15-,19-/m0/s1. The second-order valence-electron chi connectivity index (χ2n) is 8.75. The first-order chi connectivity index (χ1) is 16.1. The Balaban J connectivity index is 1.64. The molecule has 1 aliphatic heterocycles. The predicted molar refractivity (Wildman–Crippen MR) is 130 cm³/mol. The van der Waals surface area contributed by atoms with Gasteiger partial charge in [0.2, 0.25) is 10.0 Å². The molecule has 0 spiro atoms. The van der Waals surface area contributed by atoms with Gasteiger partial charge >= 0.3 is 0 Å². The van der Waals surface area contributed by atoms with E-state index in [-0.39, 0.29) is 29.2 Å². The minimum atomic E-state index is -3.57. The topological polar surface area (TPSA) is 139 Å². The van der Waals surface area contributed by atoms with Crippen LogP contribution in [0.1, 0.15) is 47.4 Å². The van der Waals surface area contributed by atoms with Crippen LogP contribution in [0.25, 0.3) is 5.65 Å². The van der Waals surface area contributed by atoms with Gasteiger partial charge in [-0.25, -0.2) is 17.9 Å². The molecule has 1 aliphatic rings. The highest BCUT2D eigenvalue weighted by Gasteiger charge is 2.27. The van der Waals surface area contributed by atoms with Crippen molar-refractivity contribution in [1.29, 1.82) is 0 Å². The summed E-state index contributed by atoms with van der Waals surface area (Å²) in [5.74, 6) is 0.561. The van der Waals surface area contributed by atoms with Crippen LogP contribution < -0.4 is 15.4 Å². The Morgan fingerprint density at radius 1 is 1.41 bits per heavy atom. The van der Waals surface area contributed by atoms with Gasteiger partial charge in [0.05, 0.1) is 35.4 Å². The van der Waals surface area contributed by atoms with Crippen LogP contribution in [-0.4, -0.2) is 71.2 Å². The summed E-state index contributed by atoms with van der Waals surface area (Å²) in [5, 5.41) is 4.70. The van der Waals surface area contributed by atoms with Gasteiger partial charge in [0.15, 0.2) is 5.65 Å². The molecule has 4 rings (SSSR count). The minimum absolute atomic E-state index is 0.137. The van der Waals surface area contributed by atoms with Crippen LogP contribution in [0.4, 0.5) is 11.5 Å². The molecule has 0 radical (unpaired) electrons. The minimum Gasteiger partial charge on any atom is -0.355 e. The van der Waals surface area contributed by atoms with Gasteiger partial charge in [0, 0.05) is 50.2 Å². The quantitative estimate of drug-likeness (QED) is 0.513. The number of hydrogen-bond acceptors (Lipinski definition) is 8. The van der Waals surface area contributed by atoms with Crippen molar-refractivity contribution in [1.82, 2.24) is 24.5 Å². The second-order valence-corrected chi connectivity index (χ2v) is 10.5. The molecule has 0 aromatic carbocycles. The van der Waals surface area contributed by atoms with E-state index in [2.05, 4.69) is 14.6 Å². The first-order valence-electron chi connectivity index (χ1n) is 11.1. The van der Waals surface area contributed by atoms with Gasteiger partial charge < -0.3 is 15.5 Å². The number of sulfonamides is 1. The van der Waals surface area contributed by atoms with Crippen LogP contribution in [0.15, 0.2) is 30.7 Å². The van der Waals surface area contributed by atoms with E-state index in [4.69, 9.17) is 15.8 Å². The third-order valence-electron chi connectivity index (χ3n) is 6.01. The van der Waals surface area contributed by atoms with E-state index in [1.54, 1.807) is 16.5 Å². The lowest BCUT2D eigenvalue weighted by Crippen LogP contribution is -2.32. The van der Waals surface area contributed by atoms with Crippen molar-refractivity contribution in [3.05, 3.63) is 47.5 Å². The van der Waals surface area contributed by atoms with Crippen LogP contribution in [0, 0.1) is 6.92 Å². The second kappa shape index (κ2) is 9.18. The lowest BCUT2D eigenvalue weighted by Gasteiger charge is -2.26. The van der Waals surface area contributed by atoms with Gasteiger partial charge in [-0.05, 0) is 25.8 Å². The molecule has 1 fully saturated rings. The molecule has 12 heteroatoms. The first-order valence-corrected chi connectivity index (χ1v) is 13.0. The van der Waals surface area contributed by atoms with Crippen molar-refractivity contribution in [2.45, 2.75) is 38.8 Å². The molecule has 0 bridgehead atoms. The van der Waals surface area contributed by atoms with Gasteiger partial charge in [0.1, 0.15) is 5.82 Å². The fourth-order valence-corrected chi connectivity index (χ4v) is 4.92. The molecule has 3 aromatic heterocycles. The molecule has 3 N–H and O–H groups in total. The predicted octanol–water partition coefficient (Wildman–Crippen LogP) is 1.56. The van der Waals surface area contributed by atoms with E-state index in [1.165, 1.54) is 18.5 Å². The highest BCUT2D eigenvalue weighted by molar-refractivity contribution is 7.92. The Labute approximate surface area is 199 Å². The van der Waals surface area contributed by atoms with Crippen molar-refractivity contribution in [3.63, 3.8) is 0 Å². The van der Waals surface area contributed by atoms with Crippen LogP contribution in [0.2, 0.25) is 0 Å². The maximum atomic E-state index is 13.3. The third kappa shape index (κ3) is 4.82. The number of anilines is 2. The number of aryl methyl sites for hydroxylation is 1. The number of rotatable bonds is 7. The molecule has 11 nitrogen and oxygen atoms in total. The first kappa shape index (κ1) is 23.9. The number of carbonyl (C=O) groups excluding carboxylic acids is 1. The SMILES string of the molecule is CC[C@@H](c1cc2nc(N3CC[C@H](N)C3)c(C)cn2n1)N(C)C(=O)c1ccncc1NS(C)(=O)=O. The van der Waals surface area contributed by atoms with Crippen LogP contribution in [-0.2, 0) is 10.0 Å². The van der Waals surface area contributed by atoms with Gasteiger partial charge in [-0.2, -0.15) is 5.10 Å². The van der Waals surface area contributed by atoms with Crippen LogP contribution in [0.5, 0.6) is 0 Å². The van der Waals surface area contributed by atoms with Gasteiger partial charge in [-0.1, -0.05) is 6.92 Å². The van der Waals surface area contributed by atoms with E-state index in [9.17, 15) is 13.2 Å². The number of nitrogens with one attached hydrogen (secondary N) is 1. The highest BCUT2D eigenvalue weighted by Crippen LogP contribution is 2.28. The molecule has 34 heavy (non-hydrogen) atoms. The molecule has 1 saturated heterocycles. The Morgan fingerprint density at radius 3 is 2.82 bits per heavy atom. The van der Waals surface area contributed by atoms with Crippen molar-refractivity contribution in [2.75, 3.05) is 36.0 Å². The normalized spacial score (nSPS) is 17.2. The lowest BCUT2D eigenvalue weighted by molar-refractivity contribution is 0.0723. The summed E-state index contributed by atoms with van der Waals surface area (Å²) in [6.45, 7) is 5.61. The van der Waals surface area contributed by atoms with Gasteiger partial charge in [0.25, 0.3) is 5.91 Å². The molecule has 0 saturated carbocycles. The summed E-state index contributed by atoms with van der Waals surface area (Å²) >= 11 is 0. The highest BCUT2D eigenvalue weighted by atomic mass is 32.2. The molecular weight excluding hydrogens is 456 g/mol. The maximum absolute atomic E-state index is 13.3. The molecule has 2 atom stereocenters. The number of carbonyl (C=O) groups is 1. The number of nitrogens with zero attached hydrogens (tertiary/aromatic N) is 6. The Hall–Kier alpha value is -3.25. The average molecular weight is 487 g/mol. The van der Waals surface area contributed by atoms with Crippen molar-refractivity contribution >= 4 is 33.1 Å². The molecular formula is C22H30N8O3S. The number of amides is 1. The monoisotopic (exact) mass is 486 g/mol. The van der Waals surface area contributed by atoms with Crippen molar-refractivity contribution in [2.24, 2.45) is 5.73 Å². The van der Waals surface area contributed by atoms with E-state index >= 15 is 0 Å². The fourth-order valence-electron chi connectivity index (χ4n) is 4.36. The molecule has 0 unspecified atom stereocenters. The van der Waals surface area contributed by atoms with Crippen LogP contribution >= 0.6 is 0 Å². The average Bonchev–Trinajstić information content (AvgIpc) is 3.38. The zero-order chi connectivity index (χ0) is 24.6. The number of hydrogen-bond donors (Lipinski definition) is 2. The zero-order valence-electron chi connectivity index (χ0n) is 19.8. The van der Waals surface area contributed by atoms with E-state index in [0.717, 1.165) is 37.1 Å². The fraction of sp³-hybridized carbons (Fsp3) is 0.455.